The van der Waals surface area contributed by atoms with Crippen LogP contribution in [0, 0.1) is 34.0 Å². The number of hydrogen-bond acceptors (Lipinski definition) is 5. The molecule has 204 valence electrons. The number of nitriles is 1. The Hall–Kier alpha value is -2.96. The van der Waals surface area contributed by atoms with Gasteiger partial charge in [-0.2, -0.15) is 9.57 Å². The van der Waals surface area contributed by atoms with E-state index in [9.17, 15) is 23.3 Å². The largest absolute Gasteiger partial charge is 0.339 e. The van der Waals surface area contributed by atoms with Crippen LogP contribution in [0.25, 0.3) is 10.8 Å². The first kappa shape index (κ1) is 28.1. The van der Waals surface area contributed by atoms with Gasteiger partial charge in [-0.15, -0.1) is 0 Å². The molecule has 2 aromatic carbocycles. The fourth-order valence-corrected chi connectivity index (χ4v) is 7.95. The normalized spacial score (nSPS) is 24.0. The van der Waals surface area contributed by atoms with E-state index in [1.807, 2.05) is 45.9 Å². The quantitative estimate of drug-likeness (QED) is 0.577. The molecule has 2 aromatic rings. The number of likely N-dealkylation sites (N-methyl/N-ethyl adjacent to an activating group) is 1. The van der Waals surface area contributed by atoms with E-state index in [4.69, 9.17) is 0 Å². The number of benzene rings is 2. The van der Waals surface area contributed by atoms with Gasteiger partial charge in [0.15, 0.2) is 0 Å². The van der Waals surface area contributed by atoms with Gasteiger partial charge in [0.2, 0.25) is 21.8 Å². The van der Waals surface area contributed by atoms with Gasteiger partial charge in [0.25, 0.3) is 0 Å². The van der Waals surface area contributed by atoms with Crippen molar-refractivity contribution in [2.24, 2.45) is 22.7 Å². The molecule has 9 heteroatoms. The number of likely N-dealkylation sites (tertiary alicyclic amines) is 1. The summed E-state index contributed by atoms with van der Waals surface area (Å²) in [7, 11) is -2.62. The molecule has 0 bridgehead atoms. The average Bonchev–Trinajstić information content (AvgIpc) is 3.18. The van der Waals surface area contributed by atoms with Gasteiger partial charge >= 0.3 is 0 Å². The maximum absolute atomic E-state index is 14.3. The molecule has 2 amide bonds. The van der Waals surface area contributed by atoms with Crippen LogP contribution >= 0.6 is 0 Å². The molecule has 8 nitrogen and oxygen atoms in total. The number of piperidine rings is 1. The van der Waals surface area contributed by atoms with Crippen molar-refractivity contribution >= 4 is 32.6 Å². The van der Waals surface area contributed by atoms with E-state index in [0.29, 0.717) is 18.4 Å². The Morgan fingerprint density at radius 1 is 1.18 bits per heavy atom. The minimum Gasteiger partial charge on any atom is -0.339 e. The maximum atomic E-state index is 14.3. The van der Waals surface area contributed by atoms with Gasteiger partial charge in [0.1, 0.15) is 18.1 Å². The van der Waals surface area contributed by atoms with Crippen molar-refractivity contribution in [1.82, 2.24) is 14.5 Å². The first-order valence-corrected chi connectivity index (χ1v) is 14.6. The standard InChI is InChI=1S/C29H38N4O4S/c1-8-19(16-30)31-26(34)24-23-21(29(23,5)6)17-33(24)27(35)25(28(2,3)4)32(7)38(36,37)22-15-11-13-18-12-9-10-14-20(18)22/h9-15,19,21,23-25H,8,17H2,1-7H3,(H,31,34)/t19-,21-,23-,24-,25+/m0/s1. The Labute approximate surface area is 226 Å². The summed E-state index contributed by atoms with van der Waals surface area (Å²) < 4.78 is 29.2. The molecule has 5 atom stereocenters. The fourth-order valence-electron chi connectivity index (χ4n) is 6.24. The van der Waals surface area contributed by atoms with Crippen LogP contribution in [-0.2, 0) is 19.6 Å². The maximum Gasteiger partial charge on any atom is 0.244 e. The lowest BCUT2D eigenvalue weighted by Crippen LogP contribution is -2.60. The van der Waals surface area contributed by atoms with Crippen molar-refractivity contribution in [2.45, 2.75) is 71.0 Å². The van der Waals surface area contributed by atoms with Crippen LogP contribution in [0.4, 0.5) is 0 Å². The molecule has 1 heterocycles. The summed E-state index contributed by atoms with van der Waals surface area (Å²) in [5.41, 5.74) is -0.864. The van der Waals surface area contributed by atoms with Gasteiger partial charge < -0.3 is 10.2 Å². The minimum atomic E-state index is -4.07. The van der Waals surface area contributed by atoms with Crippen LogP contribution < -0.4 is 5.32 Å². The molecule has 0 unspecified atom stereocenters. The van der Waals surface area contributed by atoms with Gasteiger partial charge in [0.05, 0.1) is 11.0 Å². The van der Waals surface area contributed by atoms with Gasteiger partial charge in [-0.1, -0.05) is 77.9 Å². The Morgan fingerprint density at radius 2 is 1.82 bits per heavy atom. The van der Waals surface area contributed by atoms with Crippen LogP contribution in [0.15, 0.2) is 47.4 Å². The summed E-state index contributed by atoms with van der Waals surface area (Å²) in [6, 6.07) is 12.0. The Morgan fingerprint density at radius 3 is 2.42 bits per heavy atom. The number of nitrogens with one attached hydrogen (secondary N) is 1. The Balaban J connectivity index is 1.72. The van der Waals surface area contributed by atoms with Gasteiger partial charge in [-0.25, -0.2) is 8.42 Å². The highest BCUT2D eigenvalue weighted by Crippen LogP contribution is 2.65. The third-order valence-electron chi connectivity index (χ3n) is 8.47. The van der Waals surface area contributed by atoms with E-state index in [0.717, 1.165) is 5.39 Å². The number of amides is 2. The van der Waals surface area contributed by atoms with E-state index in [1.165, 1.54) is 11.4 Å². The third kappa shape index (κ3) is 4.58. The topological polar surface area (TPSA) is 111 Å². The lowest BCUT2D eigenvalue weighted by molar-refractivity contribution is -0.145. The second kappa shape index (κ2) is 9.65. The molecule has 1 saturated heterocycles. The second-order valence-electron chi connectivity index (χ2n) is 12.3. The number of sulfonamides is 1. The zero-order valence-electron chi connectivity index (χ0n) is 23.2. The van der Waals surface area contributed by atoms with Crippen molar-refractivity contribution < 1.29 is 18.0 Å². The SMILES string of the molecule is CC[C@@H](C#N)NC(=O)[C@@H]1[C@@H]2[C@H](CN1C(=O)[C@@H](N(C)S(=O)(=O)c1cccc3ccccc13)C(C)(C)C)C2(C)C. The number of nitrogens with zero attached hydrogens (tertiary/aromatic N) is 3. The Kier molecular flexibility index (Phi) is 7.13. The molecule has 2 fully saturated rings. The lowest BCUT2D eigenvalue weighted by atomic mass is 9.85. The number of carbonyl (C=O) groups is 2. The molecule has 0 spiro atoms. The van der Waals surface area contributed by atoms with Crippen LogP contribution in [0.5, 0.6) is 0 Å². The summed E-state index contributed by atoms with van der Waals surface area (Å²) in [4.78, 5) is 29.4. The van der Waals surface area contributed by atoms with Gasteiger partial charge in [-0.05, 0) is 40.5 Å². The number of hydrogen-bond donors (Lipinski definition) is 1. The van der Waals surface area contributed by atoms with Gasteiger partial charge in [-0.3, -0.25) is 9.59 Å². The highest BCUT2D eigenvalue weighted by molar-refractivity contribution is 7.89. The molecule has 0 radical (unpaired) electrons. The van der Waals surface area contributed by atoms with Crippen LogP contribution in [0.3, 0.4) is 0 Å². The van der Waals surface area contributed by atoms with Crippen molar-refractivity contribution in [3.8, 4) is 6.07 Å². The van der Waals surface area contributed by atoms with Crippen LogP contribution in [0.2, 0.25) is 0 Å². The molecule has 1 aliphatic carbocycles. The first-order chi connectivity index (χ1) is 17.7. The van der Waals surface area contributed by atoms with Crippen molar-refractivity contribution in [3.63, 3.8) is 0 Å². The molecular weight excluding hydrogens is 500 g/mol. The molecule has 0 aromatic heterocycles. The van der Waals surface area contributed by atoms with Gasteiger partial charge in [0, 0.05) is 19.0 Å². The number of fused-ring (bicyclic) bond motifs is 2. The predicted molar refractivity (Wildman–Crippen MR) is 146 cm³/mol. The molecule has 4 rings (SSSR count). The predicted octanol–water partition coefficient (Wildman–Crippen LogP) is 3.78. The highest BCUT2D eigenvalue weighted by Gasteiger charge is 2.70. The summed E-state index contributed by atoms with van der Waals surface area (Å²) in [5.74, 6) is -0.637. The zero-order valence-corrected chi connectivity index (χ0v) is 24.0. The minimum absolute atomic E-state index is 0.0387. The van der Waals surface area contributed by atoms with Crippen molar-refractivity contribution in [3.05, 3.63) is 42.5 Å². The van der Waals surface area contributed by atoms with Crippen LogP contribution in [0.1, 0.15) is 48.0 Å². The van der Waals surface area contributed by atoms with Crippen molar-refractivity contribution in [2.75, 3.05) is 13.6 Å². The highest BCUT2D eigenvalue weighted by atomic mass is 32.2. The van der Waals surface area contributed by atoms with E-state index in [2.05, 4.69) is 25.2 Å². The Bertz CT molecular complexity index is 1400. The van der Waals surface area contributed by atoms with E-state index >= 15 is 0 Å². The number of rotatable bonds is 7. The summed E-state index contributed by atoms with van der Waals surface area (Å²) >= 11 is 0. The van der Waals surface area contributed by atoms with E-state index < -0.39 is 39.5 Å². The summed E-state index contributed by atoms with van der Waals surface area (Å²) in [6.45, 7) is 11.9. The molecule has 38 heavy (non-hydrogen) atoms. The fraction of sp³-hybridized carbons (Fsp3) is 0.552. The lowest BCUT2D eigenvalue weighted by Gasteiger charge is -2.41. The smallest absolute Gasteiger partial charge is 0.244 e. The first-order valence-electron chi connectivity index (χ1n) is 13.1. The average molecular weight is 539 g/mol. The molecular formula is C29H38N4O4S. The van der Waals surface area contributed by atoms with E-state index in [1.54, 1.807) is 29.2 Å². The molecule has 1 aliphatic heterocycles. The van der Waals surface area contributed by atoms with E-state index in [-0.39, 0.29) is 28.1 Å². The summed E-state index contributed by atoms with van der Waals surface area (Å²) in [6.07, 6.45) is 0.455. The molecule has 1 saturated carbocycles. The van der Waals surface area contributed by atoms with Crippen LogP contribution in [-0.4, -0.2) is 61.2 Å². The monoisotopic (exact) mass is 538 g/mol. The zero-order chi connectivity index (χ0) is 28.2. The third-order valence-corrected chi connectivity index (χ3v) is 10.3. The molecule has 2 aliphatic rings. The molecule has 1 N–H and O–H groups in total. The van der Waals surface area contributed by atoms with Crippen molar-refractivity contribution in [1.29, 1.82) is 5.26 Å². The second-order valence-corrected chi connectivity index (χ2v) is 14.2. The number of carbonyl (C=O) groups excluding carboxylic acids is 2. The summed E-state index contributed by atoms with van der Waals surface area (Å²) in [5, 5.41) is 13.6.